The molecule has 1 aliphatic rings. The lowest BCUT2D eigenvalue weighted by atomic mass is 10.1. The van der Waals surface area contributed by atoms with Gasteiger partial charge in [-0.2, -0.15) is 5.10 Å². The molecule has 6 nitrogen and oxygen atoms in total. The third-order valence-electron chi connectivity index (χ3n) is 3.45. The van der Waals surface area contributed by atoms with E-state index in [4.69, 9.17) is 10.5 Å². The van der Waals surface area contributed by atoms with E-state index in [9.17, 15) is 0 Å². The van der Waals surface area contributed by atoms with Gasteiger partial charge in [0.05, 0.1) is 18.9 Å². The minimum Gasteiger partial charge on any atom is -0.375 e. The van der Waals surface area contributed by atoms with Gasteiger partial charge in [0.1, 0.15) is 0 Å². The lowest BCUT2D eigenvalue weighted by molar-refractivity contribution is -0.0326. The van der Waals surface area contributed by atoms with Gasteiger partial charge in [-0.15, -0.1) is 23.7 Å². The van der Waals surface area contributed by atoms with Crippen LogP contribution in [0.3, 0.4) is 0 Å². The van der Waals surface area contributed by atoms with E-state index < -0.39 is 0 Å². The number of rotatable bonds is 4. The second-order valence-corrected chi connectivity index (χ2v) is 6.04. The minimum atomic E-state index is 0. The van der Waals surface area contributed by atoms with Crippen molar-refractivity contribution in [1.82, 2.24) is 19.7 Å². The van der Waals surface area contributed by atoms with Gasteiger partial charge in [0, 0.05) is 49.0 Å². The number of nitrogens with two attached hydrogens (primary N) is 1. The zero-order valence-electron chi connectivity index (χ0n) is 11.9. The van der Waals surface area contributed by atoms with E-state index in [-0.39, 0.29) is 18.5 Å². The lowest BCUT2D eigenvalue weighted by Crippen LogP contribution is -2.37. The summed E-state index contributed by atoms with van der Waals surface area (Å²) in [4.78, 5) is 7.68. The van der Waals surface area contributed by atoms with E-state index >= 15 is 0 Å². The Morgan fingerprint density at radius 3 is 3.00 bits per heavy atom. The van der Waals surface area contributed by atoms with E-state index in [2.05, 4.69) is 28.1 Å². The Balaban J connectivity index is 0.00000161. The van der Waals surface area contributed by atoms with Crippen LogP contribution in [-0.4, -0.2) is 39.4 Å². The molecule has 0 bridgehead atoms. The molecule has 2 aromatic rings. The van der Waals surface area contributed by atoms with Crippen LogP contribution in [0.25, 0.3) is 0 Å². The molecule has 0 amide bonds. The van der Waals surface area contributed by atoms with Gasteiger partial charge < -0.3 is 10.5 Å². The average Bonchev–Trinajstić information content (AvgIpc) is 3.08. The molecule has 2 N–H and O–H groups in total. The van der Waals surface area contributed by atoms with Crippen molar-refractivity contribution in [1.29, 1.82) is 0 Å². The van der Waals surface area contributed by atoms with Gasteiger partial charge >= 0.3 is 0 Å². The summed E-state index contributed by atoms with van der Waals surface area (Å²) in [5.74, 6) is 0. The molecule has 1 saturated heterocycles. The van der Waals surface area contributed by atoms with Crippen molar-refractivity contribution >= 4 is 28.9 Å². The van der Waals surface area contributed by atoms with Gasteiger partial charge in [0.2, 0.25) is 0 Å². The van der Waals surface area contributed by atoms with Crippen LogP contribution in [0.15, 0.2) is 18.6 Å². The molecule has 0 radical (unpaired) electrons. The van der Waals surface area contributed by atoms with Gasteiger partial charge in [-0.3, -0.25) is 9.58 Å². The predicted octanol–water partition coefficient (Wildman–Crippen LogP) is 1.94. The first kappa shape index (κ1) is 16.2. The molecule has 0 saturated carbocycles. The summed E-state index contributed by atoms with van der Waals surface area (Å²) in [5.41, 5.74) is 6.83. The van der Waals surface area contributed by atoms with E-state index in [1.165, 1.54) is 4.88 Å². The third-order valence-corrected chi connectivity index (χ3v) is 4.26. The monoisotopic (exact) mass is 329 g/mol. The molecule has 2 aromatic heterocycles. The van der Waals surface area contributed by atoms with Crippen LogP contribution in [0.2, 0.25) is 0 Å². The summed E-state index contributed by atoms with van der Waals surface area (Å²) >= 11 is 1.55. The van der Waals surface area contributed by atoms with Gasteiger partial charge in [-0.1, -0.05) is 0 Å². The molecule has 21 heavy (non-hydrogen) atoms. The van der Waals surface area contributed by atoms with Crippen LogP contribution in [0.1, 0.15) is 23.5 Å². The number of aryl methyl sites for hydroxylation is 1. The second kappa shape index (κ2) is 7.22. The molecule has 1 aliphatic heterocycles. The molecule has 1 unspecified atom stereocenters. The Morgan fingerprint density at radius 1 is 1.48 bits per heavy atom. The number of halogens is 1. The number of morpholine rings is 1. The summed E-state index contributed by atoms with van der Waals surface area (Å²) in [6.45, 7) is 6.42. The van der Waals surface area contributed by atoms with Gasteiger partial charge in [0.25, 0.3) is 0 Å². The van der Waals surface area contributed by atoms with Crippen LogP contribution in [-0.2, 0) is 17.8 Å². The predicted molar refractivity (Wildman–Crippen MR) is 85.6 cm³/mol. The van der Waals surface area contributed by atoms with Crippen LogP contribution < -0.4 is 5.73 Å². The molecule has 3 heterocycles. The first-order valence-corrected chi connectivity index (χ1v) is 7.62. The smallest absolute Gasteiger partial charge is 0.180 e. The highest BCUT2D eigenvalue weighted by Gasteiger charge is 2.23. The average molecular weight is 330 g/mol. The minimum absolute atomic E-state index is 0. The Bertz CT molecular complexity index is 572. The molecule has 1 atom stereocenters. The standard InChI is InChI=1S/C13H19N5OS.ClH/c1-2-18-7-10(5-16-18)12-9-17(3-4-19-12)8-11-6-15-13(14)20-11;/h5-7,12H,2-4,8-9H2,1H3,(H2,14,15);1H. The van der Waals surface area contributed by atoms with Crippen molar-refractivity contribution in [3.05, 3.63) is 29.0 Å². The Kier molecular flexibility index (Phi) is 5.58. The summed E-state index contributed by atoms with van der Waals surface area (Å²) in [6.07, 6.45) is 5.94. The summed E-state index contributed by atoms with van der Waals surface area (Å²) in [6, 6.07) is 0. The second-order valence-electron chi connectivity index (χ2n) is 4.89. The molecular formula is C13H20ClN5OS. The lowest BCUT2D eigenvalue weighted by Gasteiger charge is -2.32. The van der Waals surface area contributed by atoms with E-state index in [0.717, 1.165) is 38.3 Å². The maximum atomic E-state index is 5.86. The first-order valence-electron chi connectivity index (χ1n) is 6.81. The van der Waals surface area contributed by atoms with Gasteiger partial charge in [-0.25, -0.2) is 4.98 Å². The first-order chi connectivity index (χ1) is 9.74. The molecule has 8 heteroatoms. The summed E-state index contributed by atoms with van der Waals surface area (Å²) in [7, 11) is 0. The number of hydrogen-bond acceptors (Lipinski definition) is 6. The number of hydrogen-bond donors (Lipinski definition) is 1. The quantitative estimate of drug-likeness (QED) is 0.928. The van der Waals surface area contributed by atoms with E-state index in [1.807, 2.05) is 17.1 Å². The molecule has 3 rings (SSSR count). The Morgan fingerprint density at radius 2 is 2.33 bits per heavy atom. The van der Waals surface area contributed by atoms with Crippen molar-refractivity contribution in [2.24, 2.45) is 0 Å². The Labute approximate surface area is 134 Å². The van der Waals surface area contributed by atoms with Gasteiger partial charge in [0.15, 0.2) is 5.13 Å². The summed E-state index contributed by atoms with van der Waals surface area (Å²) < 4.78 is 7.80. The van der Waals surface area contributed by atoms with Crippen LogP contribution in [0, 0.1) is 0 Å². The Hall–Kier alpha value is -1.15. The molecule has 0 aromatic carbocycles. The number of thiazole rings is 1. The third kappa shape index (κ3) is 3.94. The molecule has 116 valence electrons. The fraction of sp³-hybridized carbons (Fsp3) is 0.538. The highest BCUT2D eigenvalue weighted by Crippen LogP contribution is 2.24. The molecular weight excluding hydrogens is 310 g/mol. The van der Waals surface area contributed by atoms with Crippen molar-refractivity contribution < 1.29 is 4.74 Å². The zero-order valence-corrected chi connectivity index (χ0v) is 13.6. The number of anilines is 1. The molecule has 1 fully saturated rings. The maximum absolute atomic E-state index is 5.86. The highest BCUT2D eigenvalue weighted by molar-refractivity contribution is 7.15. The topological polar surface area (TPSA) is 69.2 Å². The maximum Gasteiger partial charge on any atom is 0.180 e. The highest BCUT2D eigenvalue weighted by atomic mass is 35.5. The zero-order chi connectivity index (χ0) is 13.9. The SMILES string of the molecule is CCn1cc(C2CN(Cc3cnc(N)s3)CCO2)cn1.Cl. The van der Waals surface area contributed by atoms with E-state index in [0.29, 0.717) is 5.13 Å². The van der Waals surface area contributed by atoms with Crippen LogP contribution in [0.5, 0.6) is 0 Å². The molecule has 0 spiro atoms. The van der Waals surface area contributed by atoms with Crippen LogP contribution in [0.4, 0.5) is 5.13 Å². The van der Waals surface area contributed by atoms with E-state index in [1.54, 1.807) is 11.3 Å². The summed E-state index contributed by atoms with van der Waals surface area (Å²) in [5, 5.41) is 4.95. The number of nitrogen functional groups attached to an aromatic ring is 1. The van der Waals surface area contributed by atoms with Gasteiger partial charge in [-0.05, 0) is 6.92 Å². The van der Waals surface area contributed by atoms with Crippen molar-refractivity contribution in [2.75, 3.05) is 25.4 Å². The number of nitrogens with zero attached hydrogens (tertiary/aromatic N) is 4. The van der Waals surface area contributed by atoms with Crippen molar-refractivity contribution in [3.63, 3.8) is 0 Å². The fourth-order valence-electron chi connectivity index (χ4n) is 2.38. The van der Waals surface area contributed by atoms with Crippen molar-refractivity contribution in [3.8, 4) is 0 Å². The number of aromatic nitrogens is 3. The fourth-order valence-corrected chi connectivity index (χ4v) is 3.11. The molecule has 0 aliphatic carbocycles. The normalized spacial score (nSPS) is 19.4. The largest absolute Gasteiger partial charge is 0.375 e. The van der Waals surface area contributed by atoms with Crippen LogP contribution >= 0.6 is 23.7 Å². The number of ether oxygens (including phenoxy) is 1. The van der Waals surface area contributed by atoms with Crippen molar-refractivity contribution in [2.45, 2.75) is 26.1 Å².